The van der Waals surface area contributed by atoms with Gasteiger partial charge >= 0.3 is 0 Å². The normalized spacial score (nSPS) is 26.2. The summed E-state index contributed by atoms with van der Waals surface area (Å²) in [6.07, 6.45) is 0.931. The molecule has 1 unspecified atom stereocenters. The minimum Gasteiger partial charge on any atom is -0.390 e. The molecule has 1 atom stereocenters. The Morgan fingerprint density at radius 1 is 1.11 bits per heavy atom. The molecular formula is C13H26N2O4. The first-order valence-corrected chi connectivity index (χ1v) is 7.17. The molecule has 112 valence electrons. The molecule has 2 aliphatic heterocycles. The zero-order chi connectivity index (χ0) is 13.6. The van der Waals surface area contributed by atoms with Crippen LogP contribution in [0.15, 0.2) is 0 Å². The van der Waals surface area contributed by atoms with Crippen LogP contribution in [0.1, 0.15) is 12.8 Å². The molecular weight excluding hydrogens is 248 g/mol. The average Bonchev–Trinajstić information content (AvgIpc) is 2.40. The van der Waals surface area contributed by atoms with Crippen LogP contribution in [0, 0.1) is 0 Å². The zero-order valence-corrected chi connectivity index (χ0v) is 11.5. The second-order valence-corrected chi connectivity index (χ2v) is 5.53. The number of morpholine rings is 1. The fraction of sp³-hybridized carbons (Fsp3) is 1.00. The number of β-amino-alcohol motifs (C(OH)–C–C–N with tert-alkyl or cyclic N) is 1. The van der Waals surface area contributed by atoms with Crippen molar-refractivity contribution >= 4 is 0 Å². The van der Waals surface area contributed by atoms with Crippen molar-refractivity contribution in [2.24, 2.45) is 0 Å². The highest BCUT2D eigenvalue weighted by Gasteiger charge is 2.29. The van der Waals surface area contributed by atoms with Gasteiger partial charge in [0, 0.05) is 58.8 Å². The third kappa shape index (κ3) is 5.33. The van der Waals surface area contributed by atoms with Crippen molar-refractivity contribution in [1.82, 2.24) is 10.2 Å². The lowest BCUT2D eigenvalue weighted by Crippen LogP contribution is -2.48. The molecule has 2 rings (SSSR count). The van der Waals surface area contributed by atoms with E-state index in [1.165, 1.54) is 0 Å². The molecule has 0 radical (unpaired) electrons. The van der Waals surface area contributed by atoms with Crippen molar-refractivity contribution < 1.29 is 19.7 Å². The highest BCUT2D eigenvalue weighted by molar-refractivity contribution is 4.84. The summed E-state index contributed by atoms with van der Waals surface area (Å²) >= 11 is 0. The van der Waals surface area contributed by atoms with Crippen LogP contribution in [0.25, 0.3) is 0 Å². The Morgan fingerprint density at radius 3 is 2.42 bits per heavy atom. The standard InChI is InChI=1S/C13H26N2O4/c16-12(10-15-3-7-19-8-4-15)9-14-11-13(17)1-5-18-6-2-13/h12,14,16-17H,1-11H2. The Kier molecular flexibility index (Phi) is 6.00. The summed E-state index contributed by atoms with van der Waals surface area (Å²) in [6.45, 7) is 6.22. The van der Waals surface area contributed by atoms with Crippen molar-refractivity contribution in [3.05, 3.63) is 0 Å². The number of aliphatic hydroxyl groups is 2. The number of hydrogen-bond acceptors (Lipinski definition) is 6. The van der Waals surface area contributed by atoms with Gasteiger partial charge in [0.2, 0.25) is 0 Å². The fourth-order valence-corrected chi connectivity index (χ4v) is 2.55. The average molecular weight is 274 g/mol. The summed E-state index contributed by atoms with van der Waals surface area (Å²) in [5.41, 5.74) is -0.670. The first-order valence-electron chi connectivity index (χ1n) is 7.17. The van der Waals surface area contributed by atoms with E-state index < -0.39 is 11.7 Å². The van der Waals surface area contributed by atoms with Gasteiger partial charge in [0.25, 0.3) is 0 Å². The maximum atomic E-state index is 10.3. The van der Waals surface area contributed by atoms with E-state index in [0.717, 1.165) is 26.3 Å². The van der Waals surface area contributed by atoms with Gasteiger partial charge in [-0.2, -0.15) is 0 Å². The second kappa shape index (κ2) is 7.52. The van der Waals surface area contributed by atoms with Crippen LogP contribution < -0.4 is 5.32 Å². The topological polar surface area (TPSA) is 74.2 Å². The van der Waals surface area contributed by atoms with Crippen molar-refractivity contribution in [2.45, 2.75) is 24.5 Å². The van der Waals surface area contributed by atoms with Crippen molar-refractivity contribution in [2.75, 3.05) is 59.2 Å². The summed E-state index contributed by atoms with van der Waals surface area (Å²) in [5, 5.41) is 23.4. The number of nitrogens with zero attached hydrogens (tertiary/aromatic N) is 1. The molecule has 2 fully saturated rings. The highest BCUT2D eigenvalue weighted by Crippen LogP contribution is 2.19. The van der Waals surface area contributed by atoms with E-state index in [2.05, 4.69) is 10.2 Å². The van der Waals surface area contributed by atoms with Gasteiger partial charge in [0.1, 0.15) is 0 Å². The van der Waals surface area contributed by atoms with E-state index in [4.69, 9.17) is 9.47 Å². The first-order chi connectivity index (χ1) is 9.18. The molecule has 0 aromatic heterocycles. The number of hydrogen-bond donors (Lipinski definition) is 3. The van der Waals surface area contributed by atoms with E-state index in [1.54, 1.807) is 0 Å². The molecule has 0 amide bonds. The van der Waals surface area contributed by atoms with E-state index in [9.17, 15) is 10.2 Å². The van der Waals surface area contributed by atoms with E-state index in [0.29, 0.717) is 45.7 Å². The molecule has 0 aliphatic carbocycles. The Labute approximate surface area is 114 Å². The van der Waals surface area contributed by atoms with E-state index in [-0.39, 0.29) is 0 Å². The van der Waals surface area contributed by atoms with Crippen LogP contribution in [-0.2, 0) is 9.47 Å². The van der Waals surface area contributed by atoms with Crippen LogP contribution >= 0.6 is 0 Å². The summed E-state index contributed by atoms with van der Waals surface area (Å²) in [7, 11) is 0. The molecule has 0 aromatic carbocycles. The van der Waals surface area contributed by atoms with Crippen molar-refractivity contribution in [3.8, 4) is 0 Å². The zero-order valence-electron chi connectivity index (χ0n) is 11.5. The second-order valence-electron chi connectivity index (χ2n) is 5.53. The molecule has 2 aliphatic rings. The monoisotopic (exact) mass is 274 g/mol. The van der Waals surface area contributed by atoms with Crippen LogP contribution in [-0.4, -0.2) is 86.0 Å². The summed E-state index contributed by atoms with van der Waals surface area (Å²) in [6, 6.07) is 0. The van der Waals surface area contributed by atoms with Crippen LogP contribution in [0.4, 0.5) is 0 Å². The van der Waals surface area contributed by atoms with Crippen LogP contribution in [0.5, 0.6) is 0 Å². The summed E-state index contributed by atoms with van der Waals surface area (Å²) < 4.78 is 10.5. The largest absolute Gasteiger partial charge is 0.390 e. The van der Waals surface area contributed by atoms with Crippen LogP contribution in [0.3, 0.4) is 0 Å². The maximum Gasteiger partial charge on any atom is 0.0815 e. The smallest absolute Gasteiger partial charge is 0.0815 e. The Bertz CT molecular complexity index is 253. The molecule has 2 saturated heterocycles. The molecule has 3 N–H and O–H groups in total. The van der Waals surface area contributed by atoms with Crippen molar-refractivity contribution in [3.63, 3.8) is 0 Å². The van der Waals surface area contributed by atoms with Gasteiger partial charge in [-0.1, -0.05) is 0 Å². The summed E-state index contributed by atoms with van der Waals surface area (Å²) in [5.74, 6) is 0. The van der Waals surface area contributed by atoms with E-state index >= 15 is 0 Å². The number of ether oxygens (including phenoxy) is 2. The number of nitrogens with one attached hydrogen (secondary N) is 1. The third-order valence-electron chi connectivity index (χ3n) is 3.83. The lowest BCUT2D eigenvalue weighted by atomic mass is 9.94. The highest BCUT2D eigenvalue weighted by atomic mass is 16.5. The van der Waals surface area contributed by atoms with Gasteiger partial charge in [-0.25, -0.2) is 0 Å². The molecule has 0 bridgehead atoms. The Hall–Kier alpha value is -0.240. The van der Waals surface area contributed by atoms with Gasteiger partial charge in [-0.05, 0) is 0 Å². The molecule has 6 heteroatoms. The first kappa shape index (κ1) is 15.2. The lowest BCUT2D eigenvalue weighted by Gasteiger charge is -2.33. The van der Waals surface area contributed by atoms with Crippen molar-refractivity contribution in [1.29, 1.82) is 0 Å². The predicted octanol–water partition coefficient (Wildman–Crippen LogP) is -1.19. The minimum absolute atomic E-state index is 0.401. The molecule has 0 spiro atoms. The quantitative estimate of drug-likeness (QED) is 0.566. The fourth-order valence-electron chi connectivity index (χ4n) is 2.55. The van der Waals surface area contributed by atoms with Gasteiger partial charge in [0.15, 0.2) is 0 Å². The third-order valence-corrected chi connectivity index (χ3v) is 3.83. The van der Waals surface area contributed by atoms with Gasteiger partial charge in [-0.15, -0.1) is 0 Å². The Morgan fingerprint density at radius 2 is 1.74 bits per heavy atom. The van der Waals surface area contributed by atoms with Gasteiger partial charge in [0.05, 0.1) is 24.9 Å². The van der Waals surface area contributed by atoms with E-state index in [1.807, 2.05) is 0 Å². The molecule has 6 nitrogen and oxygen atoms in total. The Balaban J connectivity index is 1.59. The molecule has 0 aromatic rings. The lowest BCUT2D eigenvalue weighted by molar-refractivity contribution is -0.0627. The van der Waals surface area contributed by atoms with Gasteiger partial charge < -0.3 is 25.0 Å². The van der Waals surface area contributed by atoms with Crippen LogP contribution in [0.2, 0.25) is 0 Å². The molecule has 2 heterocycles. The molecule has 0 saturated carbocycles. The predicted molar refractivity (Wildman–Crippen MR) is 71.1 cm³/mol. The minimum atomic E-state index is -0.670. The molecule has 19 heavy (non-hydrogen) atoms. The summed E-state index contributed by atoms with van der Waals surface area (Å²) in [4.78, 5) is 2.21. The van der Waals surface area contributed by atoms with Gasteiger partial charge in [-0.3, -0.25) is 4.90 Å². The SMILES string of the molecule is OC(CNCC1(O)CCOCC1)CN1CCOCC1. The number of rotatable bonds is 6. The number of aliphatic hydroxyl groups excluding tert-OH is 1. The maximum absolute atomic E-state index is 10.3.